The smallest absolute Gasteiger partial charge is 0.345 e. The minimum atomic E-state index is -0.650. The van der Waals surface area contributed by atoms with Gasteiger partial charge in [-0.25, -0.2) is 4.79 Å². The van der Waals surface area contributed by atoms with Gasteiger partial charge in [-0.3, -0.25) is 4.90 Å². The first-order valence-corrected chi connectivity index (χ1v) is 23.5. The molecule has 1 aromatic rings. The molecular formula is C44H61NO7S2. The van der Waals surface area contributed by atoms with Gasteiger partial charge in [-0.1, -0.05) is 78.5 Å². The zero-order valence-corrected chi connectivity index (χ0v) is 33.9. The lowest BCUT2D eigenvalue weighted by Crippen LogP contribution is -2.61. The van der Waals surface area contributed by atoms with Crippen LogP contribution >= 0.6 is 21.6 Å². The molecule has 10 heteroatoms. The minimum Gasteiger partial charge on any atom is -0.492 e. The second kappa shape index (κ2) is 16.9. The van der Waals surface area contributed by atoms with Gasteiger partial charge in [0.1, 0.15) is 11.3 Å². The number of aliphatic hydroxyl groups excluding tert-OH is 3. The van der Waals surface area contributed by atoms with E-state index in [2.05, 4.69) is 53.0 Å². The lowest BCUT2D eigenvalue weighted by Gasteiger charge is -2.52. The van der Waals surface area contributed by atoms with Crippen LogP contribution in [-0.2, 0) is 31.8 Å². The summed E-state index contributed by atoms with van der Waals surface area (Å²) in [6, 6.07) is 9.44. The van der Waals surface area contributed by atoms with Gasteiger partial charge in [-0.05, 0) is 111 Å². The lowest BCUT2D eigenvalue weighted by molar-refractivity contribution is -0.134. The molecule has 296 valence electrons. The van der Waals surface area contributed by atoms with E-state index in [0.717, 1.165) is 50.0 Å². The second-order valence-electron chi connectivity index (χ2n) is 17.4. The Hall–Kier alpha value is -1.95. The highest BCUT2D eigenvalue weighted by molar-refractivity contribution is 8.76. The van der Waals surface area contributed by atoms with Crippen LogP contribution in [0, 0.1) is 35.0 Å². The molecule has 5 heterocycles. The van der Waals surface area contributed by atoms with Crippen molar-refractivity contribution in [1.29, 1.82) is 0 Å². The molecule has 1 aromatic carbocycles. The Morgan fingerprint density at radius 1 is 1.00 bits per heavy atom. The molecule has 3 N–H and O–H groups in total. The van der Waals surface area contributed by atoms with Crippen molar-refractivity contribution < 1.29 is 34.3 Å². The van der Waals surface area contributed by atoms with Crippen LogP contribution in [0.5, 0.6) is 0 Å². The van der Waals surface area contributed by atoms with E-state index in [0.29, 0.717) is 28.9 Å². The second-order valence-corrected chi connectivity index (χ2v) is 20.0. The van der Waals surface area contributed by atoms with E-state index >= 15 is 0 Å². The maximum absolute atomic E-state index is 12.8. The Morgan fingerprint density at radius 2 is 1.80 bits per heavy atom. The molecule has 3 saturated heterocycles. The number of rotatable bonds is 9. The number of aliphatic hydroxyl groups is 3. The number of nitrogens with zero attached hydrogens (tertiary/aromatic N) is 1. The molecule has 0 aromatic heterocycles. The molecule has 1 spiro atoms. The van der Waals surface area contributed by atoms with Gasteiger partial charge in [-0.15, -0.1) is 0 Å². The molecule has 5 fully saturated rings. The van der Waals surface area contributed by atoms with Crippen molar-refractivity contribution in [2.24, 2.45) is 35.0 Å². The van der Waals surface area contributed by atoms with Crippen LogP contribution in [0.2, 0.25) is 0 Å². The number of hydrogen-bond acceptors (Lipinski definition) is 10. The number of methoxy groups -OCH3 is 1. The van der Waals surface area contributed by atoms with Crippen molar-refractivity contribution in [1.82, 2.24) is 4.90 Å². The van der Waals surface area contributed by atoms with Crippen molar-refractivity contribution >= 4 is 27.6 Å². The number of cyclic esters (lactones) is 1. The number of unbranched alkanes of at least 4 members (excludes halogenated alkanes) is 2. The summed E-state index contributed by atoms with van der Waals surface area (Å²) in [5.74, 6) is 3.98. The van der Waals surface area contributed by atoms with Crippen molar-refractivity contribution in [2.45, 2.75) is 127 Å². The van der Waals surface area contributed by atoms with Gasteiger partial charge in [0.05, 0.1) is 32.3 Å². The van der Waals surface area contributed by atoms with E-state index < -0.39 is 24.6 Å². The lowest BCUT2D eigenvalue weighted by atomic mass is 9.69. The highest BCUT2D eigenvalue weighted by atomic mass is 33.1. The molecule has 5 aliphatic heterocycles. The maximum atomic E-state index is 12.8. The summed E-state index contributed by atoms with van der Waals surface area (Å²) in [5, 5.41) is 34.0. The minimum absolute atomic E-state index is 0.00147. The fourth-order valence-electron chi connectivity index (χ4n) is 12.0. The number of carbonyl (C=O) groups excluding carboxylic acids is 1. The zero-order valence-electron chi connectivity index (χ0n) is 32.3. The number of aryl methyl sites for hydroxylation is 1. The van der Waals surface area contributed by atoms with Gasteiger partial charge < -0.3 is 29.5 Å². The monoisotopic (exact) mass is 779 g/mol. The highest BCUT2D eigenvalue weighted by Crippen LogP contribution is 2.60. The van der Waals surface area contributed by atoms with Crippen molar-refractivity contribution in [3.8, 4) is 0 Å². The number of ether oxygens (including phenoxy) is 3. The zero-order chi connectivity index (χ0) is 37.4. The highest BCUT2D eigenvalue weighted by Gasteiger charge is 2.56. The van der Waals surface area contributed by atoms with Gasteiger partial charge in [0, 0.05) is 35.5 Å². The van der Waals surface area contributed by atoms with Gasteiger partial charge in [0.15, 0.2) is 11.5 Å². The molecule has 9 unspecified atom stereocenters. The van der Waals surface area contributed by atoms with Crippen molar-refractivity contribution in [3.05, 3.63) is 70.1 Å². The summed E-state index contributed by atoms with van der Waals surface area (Å²) < 4.78 is 18.0. The Balaban J connectivity index is 1.17. The van der Waals surface area contributed by atoms with Crippen LogP contribution in [0.4, 0.5) is 0 Å². The first-order valence-electron chi connectivity index (χ1n) is 21.0. The largest absolute Gasteiger partial charge is 0.492 e. The van der Waals surface area contributed by atoms with E-state index in [4.69, 9.17) is 14.2 Å². The van der Waals surface area contributed by atoms with Crippen LogP contribution < -0.4 is 0 Å². The number of fused-ring (bicyclic) bond motifs is 4. The van der Waals surface area contributed by atoms with Crippen molar-refractivity contribution in [3.63, 3.8) is 0 Å². The Bertz CT molecular complexity index is 1620. The van der Waals surface area contributed by atoms with E-state index in [1.54, 1.807) is 0 Å². The molecule has 9 atom stereocenters. The number of hydrogen-bond donors (Lipinski definition) is 3. The number of piperidine rings is 1. The SMILES string of the molecule is CCCCCc1cccc(CC2CC3C(O)CC4C(CCC45CCCC5)CSSCC4CC=C5OC(=C6OC(=O)C(CO)=C6OC)C(CO)C5C(C2)N43)c1. The molecular weight excluding hydrogens is 719 g/mol. The molecule has 0 amide bonds. The van der Waals surface area contributed by atoms with E-state index in [1.807, 2.05) is 10.8 Å². The molecule has 8 nitrogen and oxygen atoms in total. The van der Waals surface area contributed by atoms with E-state index in [-0.39, 0.29) is 47.7 Å². The fraction of sp³-hybridized carbons (Fsp3) is 0.705. The van der Waals surface area contributed by atoms with E-state index in [9.17, 15) is 20.1 Å². The summed E-state index contributed by atoms with van der Waals surface area (Å²) in [4.78, 5) is 15.5. The molecule has 8 rings (SSSR count). The Morgan fingerprint density at radius 3 is 2.57 bits per heavy atom. The standard InChI is InChI=1S/C44H61NO7S2/c1-3-4-5-9-27-10-8-11-28(18-27)19-29-20-35-37(48)22-34-30(14-17-44(34)15-6-7-16-44)25-53-54-26-31-12-13-38-39(36(21-29)45(31)35)32(23-46)41(51-38)42-40(50-2)33(24-47)43(49)52-42/h8,10-11,13,18,29-32,34-37,39,46-48H,3-7,9,12,14-17,19-26H2,1-2H3. The molecule has 0 radical (unpaired) electrons. The topological polar surface area (TPSA) is 109 Å². The van der Waals surface area contributed by atoms with Crippen LogP contribution in [0.1, 0.15) is 102 Å². The third kappa shape index (κ3) is 7.34. The summed E-state index contributed by atoms with van der Waals surface area (Å²) in [5.41, 5.74) is 3.24. The van der Waals surface area contributed by atoms with Gasteiger partial charge >= 0.3 is 5.97 Å². The fourth-order valence-corrected chi connectivity index (χ4v) is 14.8. The molecule has 2 saturated carbocycles. The third-order valence-corrected chi connectivity index (χ3v) is 17.1. The summed E-state index contributed by atoms with van der Waals surface area (Å²) >= 11 is 0. The van der Waals surface area contributed by atoms with Crippen LogP contribution in [0.25, 0.3) is 0 Å². The first kappa shape index (κ1) is 38.9. The summed E-state index contributed by atoms with van der Waals surface area (Å²) in [7, 11) is 5.52. The number of carbonyl (C=O) groups is 1. The summed E-state index contributed by atoms with van der Waals surface area (Å²) in [6.45, 7) is 1.56. The molecule has 54 heavy (non-hydrogen) atoms. The first-order chi connectivity index (χ1) is 26.4. The number of benzene rings is 1. The van der Waals surface area contributed by atoms with Gasteiger partial charge in [-0.2, -0.15) is 0 Å². The van der Waals surface area contributed by atoms with Crippen molar-refractivity contribution in [2.75, 3.05) is 31.8 Å². The van der Waals surface area contributed by atoms with Crippen LogP contribution in [0.3, 0.4) is 0 Å². The van der Waals surface area contributed by atoms with Gasteiger partial charge in [0.2, 0.25) is 5.76 Å². The average molecular weight is 780 g/mol. The maximum Gasteiger partial charge on any atom is 0.345 e. The molecule has 7 aliphatic rings. The predicted molar refractivity (Wildman–Crippen MR) is 214 cm³/mol. The molecule has 0 bridgehead atoms. The number of esters is 1. The quantitative estimate of drug-likeness (QED) is 0.131. The van der Waals surface area contributed by atoms with E-state index in [1.165, 1.54) is 81.8 Å². The van der Waals surface area contributed by atoms with Crippen LogP contribution in [0.15, 0.2) is 59.0 Å². The Labute approximate surface area is 329 Å². The molecule has 2 aliphatic carbocycles. The average Bonchev–Trinajstić information content (AvgIpc) is 3.94. The summed E-state index contributed by atoms with van der Waals surface area (Å²) in [6.07, 6.45) is 19.0. The third-order valence-electron chi connectivity index (χ3n) is 14.5. The van der Waals surface area contributed by atoms with Gasteiger partial charge in [0.25, 0.3) is 0 Å². The predicted octanol–water partition coefficient (Wildman–Crippen LogP) is 7.72. The Kier molecular flexibility index (Phi) is 12.2. The van der Waals surface area contributed by atoms with Crippen LogP contribution in [-0.4, -0.2) is 82.2 Å². The normalized spacial score (nSPS) is 36.5.